The van der Waals surface area contributed by atoms with Gasteiger partial charge in [-0.15, -0.1) is 11.3 Å². The summed E-state index contributed by atoms with van der Waals surface area (Å²) in [6.07, 6.45) is 7.49. The van der Waals surface area contributed by atoms with Crippen LogP contribution in [-0.2, 0) is 13.1 Å². The van der Waals surface area contributed by atoms with E-state index in [4.69, 9.17) is 0 Å². The maximum Gasteiger partial charge on any atom is 0.107 e. The summed E-state index contributed by atoms with van der Waals surface area (Å²) in [4.78, 5) is 11.5. The molecule has 1 unspecified atom stereocenters. The summed E-state index contributed by atoms with van der Waals surface area (Å²) in [5, 5.41) is 6.76. The molecule has 0 aromatic carbocycles. The van der Waals surface area contributed by atoms with Crippen LogP contribution in [0.3, 0.4) is 0 Å². The molecule has 1 aliphatic heterocycles. The minimum atomic E-state index is 0.617. The molecule has 1 N–H and O–H groups in total. The highest BCUT2D eigenvalue weighted by molar-refractivity contribution is 7.09. The van der Waals surface area contributed by atoms with E-state index in [0.717, 1.165) is 31.9 Å². The third kappa shape index (κ3) is 4.33. The molecule has 0 spiro atoms. The summed E-state index contributed by atoms with van der Waals surface area (Å²) in [6.45, 7) is 4.09. The molecule has 1 atom stereocenters. The second kappa shape index (κ2) is 7.64. The Kier molecular flexibility index (Phi) is 5.32. The van der Waals surface area contributed by atoms with E-state index in [9.17, 15) is 0 Å². The zero-order chi connectivity index (χ0) is 14.3. The first-order chi connectivity index (χ1) is 10.4. The monoisotopic (exact) mass is 302 g/mol. The van der Waals surface area contributed by atoms with Crippen molar-refractivity contribution in [1.29, 1.82) is 0 Å². The summed E-state index contributed by atoms with van der Waals surface area (Å²) in [6, 6.07) is 6.78. The number of hydrogen-bond donors (Lipinski definition) is 1. The van der Waals surface area contributed by atoms with Crippen LogP contribution in [-0.4, -0.2) is 34.0 Å². The van der Waals surface area contributed by atoms with E-state index in [1.54, 1.807) is 11.3 Å². The molecule has 4 nitrogen and oxygen atoms in total. The van der Waals surface area contributed by atoms with Crippen LogP contribution >= 0.6 is 11.3 Å². The van der Waals surface area contributed by atoms with Gasteiger partial charge in [-0.05, 0) is 44.5 Å². The highest BCUT2D eigenvalue weighted by atomic mass is 32.1. The Bertz CT molecular complexity index is 506. The Morgan fingerprint density at radius 3 is 2.95 bits per heavy atom. The summed E-state index contributed by atoms with van der Waals surface area (Å²) in [5.74, 6) is 0. The van der Waals surface area contributed by atoms with Crippen LogP contribution in [0, 0.1) is 0 Å². The van der Waals surface area contributed by atoms with Crippen LogP contribution in [0.4, 0.5) is 0 Å². The molecule has 0 saturated carbocycles. The predicted octanol–water partition coefficient (Wildman–Crippen LogP) is 2.68. The Morgan fingerprint density at radius 2 is 2.14 bits per heavy atom. The maximum absolute atomic E-state index is 4.49. The number of thiazole rings is 1. The molecule has 21 heavy (non-hydrogen) atoms. The molecule has 3 rings (SSSR count). The number of rotatable bonds is 5. The van der Waals surface area contributed by atoms with Gasteiger partial charge in [-0.1, -0.05) is 6.07 Å². The molecule has 1 fully saturated rings. The molecule has 2 aromatic heterocycles. The predicted molar refractivity (Wildman–Crippen MR) is 86.1 cm³/mol. The molecule has 112 valence electrons. The van der Waals surface area contributed by atoms with Crippen molar-refractivity contribution in [3.05, 3.63) is 46.7 Å². The summed E-state index contributed by atoms with van der Waals surface area (Å²) in [5.41, 5.74) is 1.14. The lowest BCUT2D eigenvalue weighted by Gasteiger charge is -2.30. The van der Waals surface area contributed by atoms with Gasteiger partial charge in [0.25, 0.3) is 0 Å². The SMILES string of the molecule is c1ccc(CN(Cc2nccs2)C2CCCNCC2)nc1. The minimum absolute atomic E-state index is 0.617. The van der Waals surface area contributed by atoms with Gasteiger partial charge in [0.1, 0.15) is 5.01 Å². The summed E-state index contributed by atoms with van der Waals surface area (Å²) in [7, 11) is 0. The lowest BCUT2D eigenvalue weighted by atomic mass is 10.1. The van der Waals surface area contributed by atoms with Gasteiger partial charge in [0.15, 0.2) is 0 Å². The van der Waals surface area contributed by atoms with Crippen molar-refractivity contribution in [2.45, 2.75) is 38.4 Å². The van der Waals surface area contributed by atoms with Crippen LogP contribution in [0.2, 0.25) is 0 Å². The average molecular weight is 302 g/mol. The average Bonchev–Trinajstić information content (AvgIpc) is 2.87. The van der Waals surface area contributed by atoms with E-state index < -0.39 is 0 Å². The van der Waals surface area contributed by atoms with Gasteiger partial charge < -0.3 is 5.32 Å². The molecule has 0 bridgehead atoms. The van der Waals surface area contributed by atoms with Crippen LogP contribution in [0.15, 0.2) is 36.0 Å². The fourth-order valence-electron chi connectivity index (χ4n) is 2.88. The summed E-state index contributed by atoms with van der Waals surface area (Å²) < 4.78 is 0. The largest absolute Gasteiger partial charge is 0.317 e. The van der Waals surface area contributed by atoms with Gasteiger partial charge in [-0.25, -0.2) is 4.98 Å². The molecule has 1 saturated heterocycles. The standard InChI is InChI=1S/C16H22N4S/c1-2-8-18-14(4-1)12-20(13-16-19-10-11-21-16)15-5-3-7-17-9-6-15/h1-2,4,8,10-11,15,17H,3,5-7,9,12-13H2. The minimum Gasteiger partial charge on any atom is -0.317 e. The van der Waals surface area contributed by atoms with Crippen molar-refractivity contribution in [3.8, 4) is 0 Å². The van der Waals surface area contributed by atoms with Crippen LogP contribution in [0.5, 0.6) is 0 Å². The first-order valence-corrected chi connectivity index (χ1v) is 8.53. The fourth-order valence-corrected chi connectivity index (χ4v) is 3.53. The van der Waals surface area contributed by atoms with E-state index in [-0.39, 0.29) is 0 Å². The number of nitrogens with one attached hydrogen (secondary N) is 1. The third-order valence-electron chi connectivity index (χ3n) is 3.97. The molecule has 3 heterocycles. The van der Waals surface area contributed by atoms with Crippen molar-refractivity contribution in [2.24, 2.45) is 0 Å². The van der Waals surface area contributed by atoms with Crippen molar-refractivity contribution in [2.75, 3.05) is 13.1 Å². The maximum atomic E-state index is 4.49. The normalized spacial score (nSPS) is 19.6. The van der Waals surface area contributed by atoms with Crippen molar-refractivity contribution < 1.29 is 0 Å². The van der Waals surface area contributed by atoms with Crippen LogP contribution < -0.4 is 5.32 Å². The van der Waals surface area contributed by atoms with E-state index in [0.29, 0.717) is 6.04 Å². The van der Waals surface area contributed by atoms with Gasteiger partial charge >= 0.3 is 0 Å². The smallest absolute Gasteiger partial charge is 0.107 e. The lowest BCUT2D eigenvalue weighted by molar-refractivity contribution is 0.162. The topological polar surface area (TPSA) is 41.1 Å². The Morgan fingerprint density at radius 1 is 1.14 bits per heavy atom. The second-order valence-corrected chi connectivity index (χ2v) is 6.47. The van der Waals surface area contributed by atoms with Gasteiger partial charge in [0, 0.05) is 30.4 Å². The van der Waals surface area contributed by atoms with Gasteiger partial charge in [0.05, 0.1) is 12.2 Å². The number of hydrogen-bond acceptors (Lipinski definition) is 5. The van der Waals surface area contributed by atoms with Crippen molar-refractivity contribution >= 4 is 11.3 Å². The quantitative estimate of drug-likeness (QED) is 0.922. The van der Waals surface area contributed by atoms with Crippen LogP contribution in [0.1, 0.15) is 30.0 Å². The zero-order valence-electron chi connectivity index (χ0n) is 12.2. The molecular formula is C16H22N4S. The number of pyridine rings is 1. The number of aromatic nitrogens is 2. The second-order valence-electron chi connectivity index (χ2n) is 5.49. The van der Waals surface area contributed by atoms with E-state index in [1.165, 1.54) is 24.3 Å². The highest BCUT2D eigenvalue weighted by Crippen LogP contribution is 2.20. The lowest BCUT2D eigenvalue weighted by Crippen LogP contribution is -2.35. The van der Waals surface area contributed by atoms with Crippen molar-refractivity contribution in [1.82, 2.24) is 20.2 Å². The first kappa shape index (κ1) is 14.6. The number of nitrogens with zero attached hydrogens (tertiary/aromatic N) is 3. The molecule has 0 amide bonds. The zero-order valence-corrected chi connectivity index (χ0v) is 13.1. The van der Waals surface area contributed by atoms with E-state index >= 15 is 0 Å². The van der Waals surface area contributed by atoms with E-state index in [2.05, 4.69) is 37.7 Å². The van der Waals surface area contributed by atoms with Gasteiger partial charge in [-0.3, -0.25) is 9.88 Å². The van der Waals surface area contributed by atoms with Gasteiger partial charge in [-0.2, -0.15) is 0 Å². The molecule has 1 aliphatic rings. The molecular weight excluding hydrogens is 280 g/mol. The Labute approximate surface area is 130 Å². The first-order valence-electron chi connectivity index (χ1n) is 7.65. The Balaban J connectivity index is 1.72. The molecule has 5 heteroatoms. The van der Waals surface area contributed by atoms with Crippen molar-refractivity contribution in [3.63, 3.8) is 0 Å². The molecule has 0 radical (unpaired) electrons. The summed E-state index contributed by atoms with van der Waals surface area (Å²) >= 11 is 1.74. The van der Waals surface area contributed by atoms with Gasteiger partial charge in [0.2, 0.25) is 0 Å². The third-order valence-corrected chi connectivity index (χ3v) is 4.74. The molecule has 2 aromatic rings. The Hall–Kier alpha value is -1.30. The highest BCUT2D eigenvalue weighted by Gasteiger charge is 2.21. The van der Waals surface area contributed by atoms with Crippen LogP contribution in [0.25, 0.3) is 0 Å². The fraction of sp³-hybridized carbons (Fsp3) is 0.500. The van der Waals surface area contributed by atoms with E-state index in [1.807, 2.05) is 18.5 Å². The molecule has 0 aliphatic carbocycles.